The molecule has 1 aromatic carbocycles. The first-order valence-electron chi connectivity index (χ1n) is 6.47. The second-order valence-electron chi connectivity index (χ2n) is 5.47. The van der Waals surface area contributed by atoms with E-state index >= 15 is 0 Å². The summed E-state index contributed by atoms with van der Waals surface area (Å²) in [6, 6.07) is 9.86. The van der Waals surface area contributed by atoms with Gasteiger partial charge in [0.05, 0.1) is 5.69 Å². The minimum absolute atomic E-state index is 0. The fraction of sp³-hybridized carbons (Fsp3) is 0.333. The number of benzene rings is 1. The molecule has 0 bridgehead atoms. The number of carbonyl (C=O) groups excluding carboxylic acids is 1. The maximum atomic E-state index is 12.2. The summed E-state index contributed by atoms with van der Waals surface area (Å²) >= 11 is 1.41. The Morgan fingerprint density at radius 2 is 1.86 bits per heavy atom. The number of hydrogen-bond donors (Lipinski definition) is 2. The van der Waals surface area contributed by atoms with Crippen LogP contribution in [0.3, 0.4) is 0 Å². The molecule has 1 amide bonds. The molecule has 2 rings (SSSR count). The minimum Gasteiger partial charge on any atom is -0.349 e. The van der Waals surface area contributed by atoms with Crippen molar-refractivity contribution >= 4 is 42.1 Å². The first-order chi connectivity index (χ1) is 9.37. The molecular formula is C15H21Cl2N3OS. The fourth-order valence-corrected chi connectivity index (χ4v) is 2.69. The largest absolute Gasteiger partial charge is 0.349 e. The first-order valence-corrected chi connectivity index (χ1v) is 7.28. The van der Waals surface area contributed by atoms with Crippen molar-refractivity contribution in [3.8, 4) is 10.6 Å². The minimum atomic E-state index is -0.420. The molecule has 3 N–H and O–H groups in total. The molecule has 4 nitrogen and oxygen atoms in total. The predicted octanol–water partition coefficient (Wildman–Crippen LogP) is 3.43. The van der Waals surface area contributed by atoms with Crippen LogP contribution in [-0.4, -0.2) is 23.0 Å². The number of aromatic nitrogens is 1. The van der Waals surface area contributed by atoms with Crippen LogP contribution >= 0.6 is 36.2 Å². The van der Waals surface area contributed by atoms with E-state index in [1.807, 2.05) is 51.1 Å². The van der Waals surface area contributed by atoms with E-state index in [2.05, 4.69) is 10.3 Å². The van der Waals surface area contributed by atoms with Gasteiger partial charge >= 0.3 is 0 Å². The number of thiazole rings is 1. The number of nitrogens with one attached hydrogen (secondary N) is 1. The highest BCUT2D eigenvalue weighted by Crippen LogP contribution is 2.27. The highest BCUT2D eigenvalue weighted by Gasteiger charge is 2.18. The zero-order valence-electron chi connectivity index (χ0n) is 12.8. The lowest BCUT2D eigenvalue weighted by Crippen LogP contribution is -2.45. The summed E-state index contributed by atoms with van der Waals surface area (Å²) in [6.45, 7) is 6.04. The van der Waals surface area contributed by atoms with Gasteiger partial charge in [-0.2, -0.15) is 0 Å². The summed E-state index contributed by atoms with van der Waals surface area (Å²) in [5.74, 6) is -0.110. The third-order valence-electron chi connectivity index (χ3n) is 2.73. The summed E-state index contributed by atoms with van der Waals surface area (Å²) in [5.41, 5.74) is 7.23. The van der Waals surface area contributed by atoms with Crippen molar-refractivity contribution in [1.82, 2.24) is 10.3 Å². The molecule has 122 valence electrons. The van der Waals surface area contributed by atoms with Gasteiger partial charge < -0.3 is 11.1 Å². The number of carbonyl (C=O) groups is 1. The summed E-state index contributed by atoms with van der Waals surface area (Å²) in [7, 11) is 0. The molecule has 0 aliphatic carbocycles. The van der Waals surface area contributed by atoms with Crippen LogP contribution in [0.4, 0.5) is 0 Å². The number of hydrogen-bond acceptors (Lipinski definition) is 4. The average Bonchev–Trinajstić information content (AvgIpc) is 2.78. The van der Waals surface area contributed by atoms with Gasteiger partial charge in [-0.05, 0) is 20.8 Å². The molecule has 0 saturated heterocycles. The molecule has 0 aliphatic heterocycles. The van der Waals surface area contributed by atoms with Gasteiger partial charge in [-0.1, -0.05) is 30.3 Å². The summed E-state index contributed by atoms with van der Waals surface area (Å²) < 4.78 is 0. The number of aryl methyl sites for hydroxylation is 1. The Balaban J connectivity index is 0.00000220. The predicted molar refractivity (Wildman–Crippen MR) is 97.4 cm³/mol. The van der Waals surface area contributed by atoms with Crippen molar-refractivity contribution in [1.29, 1.82) is 0 Å². The number of nitrogens with zero attached hydrogens (tertiary/aromatic N) is 1. The van der Waals surface area contributed by atoms with Gasteiger partial charge in [-0.25, -0.2) is 4.98 Å². The monoisotopic (exact) mass is 361 g/mol. The van der Waals surface area contributed by atoms with E-state index < -0.39 is 5.54 Å². The topological polar surface area (TPSA) is 68.0 Å². The van der Waals surface area contributed by atoms with Crippen LogP contribution in [-0.2, 0) is 0 Å². The van der Waals surface area contributed by atoms with Crippen LogP contribution in [0.25, 0.3) is 10.6 Å². The van der Waals surface area contributed by atoms with E-state index in [-0.39, 0.29) is 30.7 Å². The van der Waals surface area contributed by atoms with Gasteiger partial charge in [0, 0.05) is 17.6 Å². The molecule has 0 radical (unpaired) electrons. The normalized spacial score (nSPS) is 10.4. The van der Waals surface area contributed by atoms with Crippen LogP contribution in [0.5, 0.6) is 0 Å². The molecule has 1 heterocycles. The molecule has 2 aromatic rings. The van der Waals surface area contributed by atoms with Crippen LogP contribution in [0.1, 0.15) is 29.2 Å². The number of halogens is 2. The Hall–Kier alpha value is -1.14. The van der Waals surface area contributed by atoms with Crippen LogP contribution in [0.2, 0.25) is 0 Å². The molecule has 0 fully saturated rings. The third-order valence-corrected chi connectivity index (χ3v) is 3.93. The number of nitrogens with two attached hydrogens (primary N) is 1. The quantitative estimate of drug-likeness (QED) is 0.876. The highest BCUT2D eigenvalue weighted by molar-refractivity contribution is 7.17. The zero-order valence-corrected chi connectivity index (χ0v) is 15.2. The van der Waals surface area contributed by atoms with Gasteiger partial charge in [-0.15, -0.1) is 36.2 Å². The van der Waals surface area contributed by atoms with E-state index in [4.69, 9.17) is 5.73 Å². The standard InChI is InChI=1S/C15H19N3OS.2ClH/c1-10-12(13(19)17-9-15(2,3)16)20-14(18-10)11-7-5-4-6-8-11;;/h4-8H,9,16H2,1-3H3,(H,17,19);2*1H. The Morgan fingerprint density at radius 3 is 2.41 bits per heavy atom. The van der Waals surface area contributed by atoms with Gasteiger partial charge in [0.15, 0.2) is 0 Å². The van der Waals surface area contributed by atoms with Crippen LogP contribution < -0.4 is 11.1 Å². The molecule has 1 aromatic heterocycles. The Morgan fingerprint density at radius 1 is 1.27 bits per heavy atom. The maximum absolute atomic E-state index is 12.2. The molecule has 0 unspecified atom stereocenters. The Labute approximate surface area is 147 Å². The fourth-order valence-electron chi connectivity index (χ4n) is 1.70. The molecular weight excluding hydrogens is 341 g/mol. The van der Waals surface area contributed by atoms with Crippen molar-refractivity contribution < 1.29 is 4.79 Å². The molecule has 22 heavy (non-hydrogen) atoms. The van der Waals surface area contributed by atoms with E-state index in [1.54, 1.807) is 0 Å². The summed E-state index contributed by atoms with van der Waals surface area (Å²) in [6.07, 6.45) is 0. The van der Waals surface area contributed by atoms with Crippen molar-refractivity contribution in [2.75, 3.05) is 6.54 Å². The first kappa shape index (κ1) is 20.9. The van der Waals surface area contributed by atoms with E-state index in [9.17, 15) is 4.79 Å². The van der Waals surface area contributed by atoms with Gasteiger partial charge in [0.2, 0.25) is 0 Å². The number of rotatable bonds is 4. The van der Waals surface area contributed by atoms with Crippen molar-refractivity contribution in [2.24, 2.45) is 5.73 Å². The van der Waals surface area contributed by atoms with Crippen molar-refractivity contribution in [2.45, 2.75) is 26.3 Å². The van der Waals surface area contributed by atoms with Gasteiger partial charge in [0.25, 0.3) is 5.91 Å². The SMILES string of the molecule is Cc1nc(-c2ccccc2)sc1C(=O)NCC(C)(C)N.Cl.Cl. The van der Waals surface area contributed by atoms with E-state index in [1.165, 1.54) is 11.3 Å². The van der Waals surface area contributed by atoms with Crippen LogP contribution in [0, 0.1) is 6.92 Å². The molecule has 0 saturated carbocycles. The second kappa shape index (κ2) is 8.48. The lowest BCUT2D eigenvalue weighted by Gasteiger charge is -2.18. The lowest BCUT2D eigenvalue weighted by atomic mass is 10.1. The van der Waals surface area contributed by atoms with E-state index in [0.717, 1.165) is 16.3 Å². The zero-order chi connectivity index (χ0) is 14.8. The molecule has 0 atom stereocenters. The third kappa shape index (κ3) is 5.57. The molecule has 7 heteroatoms. The summed E-state index contributed by atoms with van der Waals surface area (Å²) in [4.78, 5) is 17.3. The van der Waals surface area contributed by atoms with Gasteiger partial charge in [-0.3, -0.25) is 4.79 Å². The maximum Gasteiger partial charge on any atom is 0.263 e. The highest BCUT2D eigenvalue weighted by atomic mass is 35.5. The molecule has 0 aliphatic rings. The average molecular weight is 362 g/mol. The van der Waals surface area contributed by atoms with Gasteiger partial charge in [0.1, 0.15) is 9.88 Å². The number of amides is 1. The Kier molecular flexibility index (Phi) is 8.04. The van der Waals surface area contributed by atoms with Crippen molar-refractivity contribution in [3.05, 3.63) is 40.9 Å². The van der Waals surface area contributed by atoms with Crippen LogP contribution in [0.15, 0.2) is 30.3 Å². The van der Waals surface area contributed by atoms with E-state index in [0.29, 0.717) is 11.4 Å². The lowest BCUT2D eigenvalue weighted by molar-refractivity contribution is 0.0949. The molecule has 0 spiro atoms. The van der Waals surface area contributed by atoms with Crippen molar-refractivity contribution in [3.63, 3.8) is 0 Å². The Bertz CT molecular complexity index is 609. The summed E-state index contributed by atoms with van der Waals surface area (Å²) in [5, 5.41) is 3.71. The second-order valence-corrected chi connectivity index (χ2v) is 6.47. The smallest absolute Gasteiger partial charge is 0.263 e.